The number of rotatable bonds is 4. The van der Waals surface area contributed by atoms with Gasteiger partial charge in [-0.2, -0.15) is 0 Å². The van der Waals surface area contributed by atoms with Crippen molar-refractivity contribution < 1.29 is 14.4 Å². The van der Waals surface area contributed by atoms with Crippen LogP contribution in [0.2, 0.25) is 0 Å². The van der Waals surface area contributed by atoms with Crippen LogP contribution in [0.15, 0.2) is 30.3 Å². The predicted octanol–water partition coefficient (Wildman–Crippen LogP) is 0.109. The van der Waals surface area contributed by atoms with Crippen LogP contribution in [0, 0.1) is 0 Å². The molecule has 112 valence electrons. The lowest BCUT2D eigenvalue weighted by atomic mass is 10.3. The molecule has 0 spiro atoms. The molecule has 1 aromatic carbocycles. The van der Waals surface area contributed by atoms with Crippen molar-refractivity contribution in [2.75, 3.05) is 38.0 Å². The molecule has 1 aliphatic heterocycles. The molecule has 0 aromatic heterocycles. The number of benzene rings is 1. The van der Waals surface area contributed by atoms with E-state index < -0.39 is 6.03 Å². The molecule has 0 atom stereocenters. The van der Waals surface area contributed by atoms with Gasteiger partial charge < -0.3 is 20.4 Å². The SMILES string of the molecule is O=CN1CCN(C(=O)CNC(=O)Nc2ccccc2)CC1. The summed E-state index contributed by atoms with van der Waals surface area (Å²) >= 11 is 0. The molecule has 0 aliphatic carbocycles. The number of carbonyl (C=O) groups is 3. The van der Waals surface area contributed by atoms with Crippen molar-refractivity contribution in [3.63, 3.8) is 0 Å². The van der Waals surface area contributed by atoms with Crippen LogP contribution in [-0.2, 0) is 9.59 Å². The minimum Gasteiger partial charge on any atom is -0.342 e. The highest BCUT2D eigenvalue weighted by Crippen LogP contribution is 2.04. The van der Waals surface area contributed by atoms with Crippen LogP contribution in [0.25, 0.3) is 0 Å². The molecule has 2 N–H and O–H groups in total. The van der Waals surface area contributed by atoms with E-state index in [-0.39, 0.29) is 12.5 Å². The molecule has 21 heavy (non-hydrogen) atoms. The summed E-state index contributed by atoms with van der Waals surface area (Å²) in [6.07, 6.45) is 0.785. The first kappa shape index (κ1) is 14.8. The lowest BCUT2D eigenvalue weighted by Crippen LogP contribution is -2.51. The number of urea groups is 1. The second kappa shape index (κ2) is 7.28. The first-order valence-corrected chi connectivity index (χ1v) is 6.76. The second-order valence-corrected chi connectivity index (χ2v) is 4.70. The van der Waals surface area contributed by atoms with Crippen LogP contribution in [-0.4, -0.2) is 60.9 Å². The maximum absolute atomic E-state index is 11.9. The molecule has 7 heteroatoms. The Labute approximate surface area is 122 Å². The fourth-order valence-electron chi connectivity index (χ4n) is 2.04. The Morgan fingerprint density at radius 1 is 1.10 bits per heavy atom. The predicted molar refractivity (Wildman–Crippen MR) is 77.7 cm³/mol. The number of nitrogens with one attached hydrogen (secondary N) is 2. The number of amides is 4. The van der Waals surface area contributed by atoms with Gasteiger partial charge in [-0.3, -0.25) is 9.59 Å². The fourth-order valence-corrected chi connectivity index (χ4v) is 2.04. The number of nitrogens with zero attached hydrogens (tertiary/aromatic N) is 2. The van der Waals surface area contributed by atoms with E-state index in [1.54, 1.807) is 21.9 Å². The number of hydrogen-bond acceptors (Lipinski definition) is 3. The van der Waals surface area contributed by atoms with Gasteiger partial charge >= 0.3 is 6.03 Å². The van der Waals surface area contributed by atoms with Crippen molar-refractivity contribution in [3.8, 4) is 0 Å². The molecule has 0 bridgehead atoms. The van der Waals surface area contributed by atoms with Gasteiger partial charge in [0.2, 0.25) is 12.3 Å². The zero-order valence-corrected chi connectivity index (χ0v) is 11.6. The lowest BCUT2D eigenvalue weighted by molar-refractivity contribution is -0.134. The summed E-state index contributed by atoms with van der Waals surface area (Å²) in [6, 6.07) is 8.59. The van der Waals surface area contributed by atoms with Gasteiger partial charge in [-0.1, -0.05) is 18.2 Å². The zero-order valence-electron chi connectivity index (χ0n) is 11.6. The molecule has 1 heterocycles. The van der Waals surface area contributed by atoms with Crippen molar-refractivity contribution in [3.05, 3.63) is 30.3 Å². The molecule has 0 radical (unpaired) electrons. The summed E-state index contributed by atoms with van der Waals surface area (Å²) in [5.74, 6) is -0.149. The van der Waals surface area contributed by atoms with E-state index in [0.717, 1.165) is 6.41 Å². The molecule has 2 rings (SSSR count). The summed E-state index contributed by atoms with van der Waals surface area (Å²) in [6.45, 7) is 2.01. The maximum Gasteiger partial charge on any atom is 0.319 e. The summed E-state index contributed by atoms with van der Waals surface area (Å²) in [4.78, 5) is 37.4. The van der Waals surface area contributed by atoms with Crippen LogP contribution < -0.4 is 10.6 Å². The molecular weight excluding hydrogens is 272 g/mol. The Hall–Kier alpha value is -2.57. The average molecular weight is 290 g/mol. The van der Waals surface area contributed by atoms with Gasteiger partial charge in [0, 0.05) is 31.9 Å². The topological polar surface area (TPSA) is 81.8 Å². The smallest absolute Gasteiger partial charge is 0.319 e. The first-order valence-electron chi connectivity index (χ1n) is 6.76. The van der Waals surface area contributed by atoms with E-state index in [1.807, 2.05) is 18.2 Å². The third-order valence-corrected chi connectivity index (χ3v) is 3.25. The summed E-state index contributed by atoms with van der Waals surface area (Å²) < 4.78 is 0. The Balaban J connectivity index is 1.71. The van der Waals surface area contributed by atoms with Gasteiger partial charge in [-0.15, -0.1) is 0 Å². The van der Waals surface area contributed by atoms with Crippen molar-refractivity contribution in [2.45, 2.75) is 0 Å². The number of hydrogen-bond donors (Lipinski definition) is 2. The maximum atomic E-state index is 11.9. The number of carbonyl (C=O) groups excluding carboxylic acids is 3. The van der Waals surface area contributed by atoms with E-state index in [0.29, 0.717) is 31.9 Å². The molecule has 1 saturated heterocycles. The Bertz CT molecular complexity index is 498. The molecule has 1 aliphatic rings. The van der Waals surface area contributed by atoms with E-state index in [4.69, 9.17) is 0 Å². The first-order chi connectivity index (χ1) is 10.2. The summed E-state index contributed by atoms with van der Waals surface area (Å²) in [5.41, 5.74) is 0.669. The largest absolute Gasteiger partial charge is 0.342 e. The number of piperazine rings is 1. The average Bonchev–Trinajstić information content (AvgIpc) is 2.53. The monoisotopic (exact) mass is 290 g/mol. The van der Waals surface area contributed by atoms with Crippen molar-refractivity contribution in [1.29, 1.82) is 0 Å². The van der Waals surface area contributed by atoms with Crippen molar-refractivity contribution in [2.24, 2.45) is 0 Å². The Kier molecular flexibility index (Phi) is 5.14. The van der Waals surface area contributed by atoms with E-state index in [9.17, 15) is 14.4 Å². The minimum absolute atomic E-state index is 0.0558. The minimum atomic E-state index is -0.416. The lowest BCUT2D eigenvalue weighted by Gasteiger charge is -2.32. The Morgan fingerprint density at radius 3 is 2.38 bits per heavy atom. The van der Waals surface area contributed by atoms with Gasteiger partial charge in [0.1, 0.15) is 0 Å². The standard InChI is InChI=1S/C14H18N4O3/c19-11-17-6-8-18(9-7-17)13(20)10-15-14(21)16-12-4-2-1-3-5-12/h1-5,11H,6-10H2,(H2,15,16,21). The zero-order chi connectivity index (χ0) is 15.1. The summed E-state index contributed by atoms with van der Waals surface area (Å²) in [5, 5.41) is 5.17. The number of anilines is 1. The molecule has 7 nitrogen and oxygen atoms in total. The van der Waals surface area contributed by atoms with Crippen LogP contribution in [0.5, 0.6) is 0 Å². The van der Waals surface area contributed by atoms with Gasteiger partial charge in [-0.05, 0) is 12.1 Å². The highest BCUT2D eigenvalue weighted by atomic mass is 16.2. The molecule has 4 amide bonds. The summed E-state index contributed by atoms with van der Waals surface area (Å²) in [7, 11) is 0. The van der Waals surface area contributed by atoms with Gasteiger partial charge in [0.25, 0.3) is 0 Å². The Morgan fingerprint density at radius 2 is 1.76 bits per heavy atom. The third-order valence-electron chi connectivity index (χ3n) is 3.25. The van der Waals surface area contributed by atoms with Crippen LogP contribution in [0.3, 0.4) is 0 Å². The van der Waals surface area contributed by atoms with E-state index in [1.165, 1.54) is 0 Å². The molecule has 0 unspecified atom stereocenters. The van der Waals surface area contributed by atoms with Gasteiger partial charge in [0.15, 0.2) is 0 Å². The molecule has 0 saturated carbocycles. The van der Waals surface area contributed by atoms with Gasteiger partial charge in [0.05, 0.1) is 6.54 Å². The van der Waals surface area contributed by atoms with Crippen LogP contribution >= 0.6 is 0 Å². The molecule has 1 fully saturated rings. The second-order valence-electron chi connectivity index (χ2n) is 4.70. The van der Waals surface area contributed by atoms with Crippen molar-refractivity contribution >= 4 is 24.0 Å². The third kappa shape index (κ3) is 4.48. The normalized spacial score (nSPS) is 14.5. The highest BCUT2D eigenvalue weighted by Gasteiger charge is 2.20. The highest BCUT2D eigenvalue weighted by molar-refractivity contribution is 5.92. The van der Waals surface area contributed by atoms with Crippen molar-refractivity contribution in [1.82, 2.24) is 15.1 Å². The van der Waals surface area contributed by atoms with Gasteiger partial charge in [-0.25, -0.2) is 4.79 Å². The number of para-hydroxylation sites is 1. The van der Waals surface area contributed by atoms with Crippen LogP contribution in [0.1, 0.15) is 0 Å². The molecule has 1 aromatic rings. The quantitative estimate of drug-likeness (QED) is 0.772. The van der Waals surface area contributed by atoms with E-state index in [2.05, 4.69) is 10.6 Å². The fraction of sp³-hybridized carbons (Fsp3) is 0.357. The van der Waals surface area contributed by atoms with E-state index >= 15 is 0 Å². The van der Waals surface area contributed by atoms with Crippen LogP contribution in [0.4, 0.5) is 10.5 Å². The molecular formula is C14H18N4O3.